The molecule has 0 aliphatic rings. The molecule has 0 aliphatic heterocycles. The SMILES string of the molecule is NC(=O)c1cc(F)c(-c2cccnc2)c(F)c1. The van der Waals surface area contributed by atoms with Gasteiger partial charge in [0.05, 0.1) is 5.56 Å². The summed E-state index contributed by atoms with van der Waals surface area (Å²) in [7, 11) is 0. The van der Waals surface area contributed by atoms with Gasteiger partial charge >= 0.3 is 0 Å². The van der Waals surface area contributed by atoms with Crippen LogP contribution in [0.2, 0.25) is 0 Å². The first-order chi connectivity index (χ1) is 8.09. The fourth-order valence-electron chi connectivity index (χ4n) is 1.50. The second-order valence-corrected chi connectivity index (χ2v) is 3.42. The lowest BCUT2D eigenvalue weighted by Gasteiger charge is -2.06. The van der Waals surface area contributed by atoms with Crippen LogP contribution in [0.4, 0.5) is 8.78 Å². The number of nitrogens with two attached hydrogens (primary N) is 1. The second kappa shape index (κ2) is 4.29. The molecular formula is C12H8F2N2O. The van der Waals surface area contributed by atoms with E-state index in [4.69, 9.17) is 5.73 Å². The number of carbonyl (C=O) groups excluding carboxylic acids is 1. The number of rotatable bonds is 2. The zero-order valence-corrected chi connectivity index (χ0v) is 8.65. The van der Waals surface area contributed by atoms with Crippen molar-refractivity contribution in [1.29, 1.82) is 0 Å². The lowest BCUT2D eigenvalue weighted by Crippen LogP contribution is -2.12. The highest BCUT2D eigenvalue weighted by atomic mass is 19.1. The van der Waals surface area contributed by atoms with Crippen molar-refractivity contribution in [2.45, 2.75) is 0 Å². The Morgan fingerprint density at radius 1 is 1.24 bits per heavy atom. The number of halogens is 2. The molecular weight excluding hydrogens is 226 g/mol. The topological polar surface area (TPSA) is 56.0 Å². The minimum absolute atomic E-state index is 0.201. The van der Waals surface area contributed by atoms with Crippen molar-refractivity contribution < 1.29 is 13.6 Å². The highest BCUT2D eigenvalue weighted by Gasteiger charge is 2.15. The molecule has 0 atom stereocenters. The first-order valence-electron chi connectivity index (χ1n) is 4.79. The van der Waals surface area contributed by atoms with Gasteiger partial charge in [0.2, 0.25) is 5.91 Å². The van der Waals surface area contributed by atoms with Gasteiger partial charge in [0.25, 0.3) is 0 Å². The lowest BCUT2D eigenvalue weighted by molar-refractivity contribution is 0.0999. The van der Waals surface area contributed by atoms with Crippen molar-refractivity contribution in [3.63, 3.8) is 0 Å². The molecule has 1 aromatic carbocycles. The smallest absolute Gasteiger partial charge is 0.248 e. The largest absolute Gasteiger partial charge is 0.366 e. The maximum Gasteiger partial charge on any atom is 0.248 e. The normalized spacial score (nSPS) is 10.2. The monoisotopic (exact) mass is 234 g/mol. The molecule has 1 heterocycles. The molecule has 2 aromatic rings. The molecule has 0 saturated heterocycles. The van der Waals surface area contributed by atoms with Crippen molar-refractivity contribution >= 4 is 5.91 Å². The molecule has 86 valence electrons. The minimum Gasteiger partial charge on any atom is -0.366 e. The van der Waals surface area contributed by atoms with Crippen molar-refractivity contribution in [3.05, 3.63) is 53.9 Å². The molecule has 5 heteroatoms. The number of pyridine rings is 1. The van der Waals surface area contributed by atoms with Gasteiger partial charge in [0, 0.05) is 23.5 Å². The summed E-state index contributed by atoms with van der Waals surface area (Å²) in [6.45, 7) is 0. The van der Waals surface area contributed by atoms with E-state index < -0.39 is 17.5 Å². The van der Waals surface area contributed by atoms with Gasteiger partial charge in [-0.15, -0.1) is 0 Å². The summed E-state index contributed by atoms with van der Waals surface area (Å²) in [5.41, 5.74) is 4.84. The van der Waals surface area contributed by atoms with Gasteiger partial charge in [-0.05, 0) is 18.2 Å². The molecule has 0 saturated carbocycles. The third kappa shape index (κ3) is 2.13. The summed E-state index contributed by atoms with van der Waals surface area (Å²) in [6, 6.07) is 4.91. The first kappa shape index (κ1) is 11.2. The van der Waals surface area contributed by atoms with Gasteiger partial charge in [-0.3, -0.25) is 9.78 Å². The zero-order valence-electron chi connectivity index (χ0n) is 8.65. The Balaban J connectivity index is 2.61. The summed E-state index contributed by atoms with van der Waals surface area (Å²) in [4.78, 5) is 14.6. The van der Waals surface area contributed by atoms with E-state index in [0.717, 1.165) is 12.1 Å². The summed E-state index contributed by atoms with van der Waals surface area (Å²) in [6.07, 6.45) is 2.84. The van der Waals surface area contributed by atoms with Gasteiger partial charge in [0.15, 0.2) is 0 Å². The quantitative estimate of drug-likeness (QED) is 0.865. The summed E-state index contributed by atoms with van der Waals surface area (Å²) >= 11 is 0. The standard InChI is InChI=1S/C12H8F2N2O/c13-9-4-8(12(15)17)5-10(14)11(9)7-2-1-3-16-6-7/h1-6H,(H2,15,17). The van der Waals surface area contributed by atoms with Crippen LogP contribution in [0.5, 0.6) is 0 Å². The fourth-order valence-corrected chi connectivity index (χ4v) is 1.50. The molecule has 0 aliphatic carbocycles. The van der Waals surface area contributed by atoms with Crippen molar-refractivity contribution in [2.75, 3.05) is 0 Å². The number of hydrogen-bond donors (Lipinski definition) is 1. The molecule has 0 unspecified atom stereocenters. The highest BCUT2D eigenvalue weighted by molar-refractivity contribution is 5.93. The van der Waals surface area contributed by atoms with E-state index in [2.05, 4.69) is 4.98 Å². The van der Waals surface area contributed by atoms with Crippen LogP contribution in [-0.2, 0) is 0 Å². The molecule has 2 rings (SSSR count). The third-order valence-corrected chi connectivity index (χ3v) is 2.28. The number of aromatic nitrogens is 1. The minimum atomic E-state index is -0.875. The van der Waals surface area contributed by atoms with Crippen LogP contribution in [0, 0.1) is 11.6 Å². The van der Waals surface area contributed by atoms with Crippen LogP contribution in [0.15, 0.2) is 36.7 Å². The maximum absolute atomic E-state index is 13.7. The van der Waals surface area contributed by atoms with Crippen LogP contribution in [0.25, 0.3) is 11.1 Å². The molecule has 3 nitrogen and oxygen atoms in total. The van der Waals surface area contributed by atoms with Crippen LogP contribution >= 0.6 is 0 Å². The van der Waals surface area contributed by atoms with E-state index in [9.17, 15) is 13.6 Å². The molecule has 1 amide bonds. The molecule has 0 bridgehead atoms. The Hall–Kier alpha value is -2.30. The van der Waals surface area contributed by atoms with Crippen molar-refractivity contribution in [2.24, 2.45) is 5.73 Å². The molecule has 1 aromatic heterocycles. The lowest BCUT2D eigenvalue weighted by atomic mass is 10.0. The van der Waals surface area contributed by atoms with Crippen LogP contribution in [0.1, 0.15) is 10.4 Å². The Morgan fingerprint density at radius 3 is 2.35 bits per heavy atom. The number of amides is 1. The van der Waals surface area contributed by atoms with E-state index in [1.54, 1.807) is 6.07 Å². The predicted octanol–water partition coefficient (Wildman–Crippen LogP) is 2.13. The Morgan fingerprint density at radius 2 is 1.88 bits per heavy atom. The van der Waals surface area contributed by atoms with E-state index in [1.165, 1.54) is 18.5 Å². The van der Waals surface area contributed by atoms with Gasteiger partial charge in [-0.1, -0.05) is 6.07 Å². The van der Waals surface area contributed by atoms with Gasteiger partial charge < -0.3 is 5.73 Å². The van der Waals surface area contributed by atoms with Crippen molar-refractivity contribution in [3.8, 4) is 11.1 Å². The van der Waals surface area contributed by atoms with Crippen LogP contribution in [0.3, 0.4) is 0 Å². The Labute approximate surface area is 95.9 Å². The molecule has 17 heavy (non-hydrogen) atoms. The first-order valence-corrected chi connectivity index (χ1v) is 4.79. The van der Waals surface area contributed by atoms with Crippen molar-refractivity contribution in [1.82, 2.24) is 4.98 Å². The number of hydrogen-bond acceptors (Lipinski definition) is 2. The Bertz CT molecular complexity index is 547. The highest BCUT2D eigenvalue weighted by Crippen LogP contribution is 2.26. The van der Waals surface area contributed by atoms with Gasteiger partial charge in [-0.25, -0.2) is 8.78 Å². The maximum atomic E-state index is 13.7. The average molecular weight is 234 g/mol. The van der Waals surface area contributed by atoms with E-state index in [-0.39, 0.29) is 11.1 Å². The van der Waals surface area contributed by atoms with Crippen LogP contribution < -0.4 is 5.73 Å². The molecule has 0 spiro atoms. The van der Waals surface area contributed by atoms with E-state index >= 15 is 0 Å². The third-order valence-electron chi connectivity index (χ3n) is 2.28. The number of benzene rings is 1. The predicted molar refractivity (Wildman–Crippen MR) is 58.1 cm³/mol. The number of carbonyl (C=O) groups is 1. The van der Waals surface area contributed by atoms with E-state index in [1.807, 2.05) is 0 Å². The summed E-state index contributed by atoms with van der Waals surface area (Å²) in [5.74, 6) is -2.56. The summed E-state index contributed by atoms with van der Waals surface area (Å²) in [5, 5.41) is 0. The average Bonchev–Trinajstić information content (AvgIpc) is 2.29. The molecule has 2 N–H and O–H groups in total. The second-order valence-electron chi connectivity index (χ2n) is 3.42. The molecule has 0 fully saturated rings. The van der Waals surface area contributed by atoms with E-state index in [0.29, 0.717) is 5.56 Å². The summed E-state index contributed by atoms with van der Waals surface area (Å²) < 4.78 is 27.4. The van der Waals surface area contributed by atoms with Crippen LogP contribution in [-0.4, -0.2) is 10.9 Å². The zero-order chi connectivity index (χ0) is 12.4. The van der Waals surface area contributed by atoms with Gasteiger partial charge in [0.1, 0.15) is 11.6 Å². The number of primary amides is 1. The Kier molecular flexibility index (Phi) is 2.82. The fraction of sp³-hybridized carbons (Fsp3) is 0. The number of nitrogens with zero attached hydrogens (tertiary/aromatic N) is 1. The molecule has 0 radical (unpaired) electrons. The van der Waals surface area contributed by atoms with Gasteiger partial charge in [-0.2, -0.15) is 0 Å².